The Bertz CT molecular complexity index is 197. The summed E-state index contributed by atoms with van der Waals surface area (Å²) < 4.78 is 5.39. The lowest BCUT2D eigenvalue weighted by Gasteiger charge is -2.23. The zero-order valence-electron chi connectivity index (χ0n) is 11.6. The first-order chi connectivity index (χ1) is 7.37. The van der Waals surface area contributed by atoms with E-state index in [2.05, 4.69) is 20.8 Å². The maximum atomic E-state index is 10.8. The van der Waals surface area contributed by atoms with Crippen LogP contribution < -0.4 is 0 Å². The summed E-state index contributed by atoms with van der Waals surface area (Å²) in [6.07, 6.45) is 6.53. The quantitative estimate of drug-likeness (QED) is 0.596. The van der Waals surface area contributed by atoms with Crippen molar-refractivity contribution >= 4 is 5.78 Å². The Morgan fingerprint density at radius 2 is 1.81 bits per heavy atom. The van der Waals surface area contributed by atoms with Crippen LogP contribution in [-0.4, -0.2) is 18.5 Å². The van der Waals surface area contributed by atoms with Crippen molar-refractivity contribution in [1.29, 1.82) is 0 Å². The van der Waals surface area contributed by atoms with Crippen molar-refractivity contribution in [1.82, 2.24) is 0 Å². The SMILES string of the molecule is COC(C)(C)CCCC(C)CCCC(C)=O. The van der Waals surface area contributed by atoms with Crippen LogP contribution in [0.15, 0.2) is 0 Å². The van der Waals surface area contributed by atoms with Crippen molar-refractivity contribution in [2.24, 2.45) is 5.92 Å². The predicted octanol–water partition coefficient (Wildman–Crippen LogP) is 3.98. The number of rotatable bonds is 9. The highest BCUT2D eigenvalue weighted by Crippen LogP contribution is 2.21. The van der Waals surface area contributed by atoms with Crippen LogP contribution in [0.2, 0.25) is 0 Å². The van der Waals surface area contributed by atoms with Gasteiger partial charge < -0.3 is 9.53 Å². The van der Waals surface area contributed by atoms with Crippen LogP contribution in [-0.2, 0) is 9.53 Å². The molecule has 0 saturated heterocycles. The van der Waals surface area contributed by atoms with Crippen LogP contribution in [0.1, 0.15) is 66.2 Å². The second kappa shape index (κ2) is 7.83. The average Bonchev–Trinajstić information content (AvgIpc) is 2.17. The summed E-state index contributed by atoms with van der Waals surface area (Å²) >= 11 is 0. The minimum Gasteiger partial charge on any atom is -0.379 e. The minimum atomic E-state index is 0.0130. The van der Waals surface area contributed by atoms with Gasteiger partial charge in [0, 0.05) is 13.5 Å². The normalized spacial score (nSPS) is 13.8. The number of Topliss-reactive ketones (excluding diaryl/α,β-unsaturated/α-hetero) is 1. The van der Waals surface area contributed by atoms with E-state index >= 15 is 0 Å². The number of hydrogen-bond donors (Lipinski definition) is 0. The first-order valence-electron chi connectivity index (χ1n) is 6.42. The summed E-state index contributed by atoms with van der Waals surface area (Å²) in [6.45, 7) is 8.21. The number of ketones is 1. The van der Waals surface area contributed by atoms with Crippen LogP contribution in [0.4, 0.5) is 0 Å². The Morgan fingerprint density at radius 1 is 1.25 bits per heavy atom. The molecule has 0 heterocycles. The Hall–Kier alpha value is -0.370. The lowest BCUT2D eigenvalue weighted by Crippen LogP contribution is -2.22. The highest BCUT2D eigenvalue weighted by molar-refractivity contribution is 5.75. The third-order valence-electron chi connectivity index (χ3n) is 3.25. The fourth-order valence-electron chi connectivity index (χ4n) is 1.82. The second-order valence-electron chi connectivity index (χ2n) is 5.56. The van der Waals surface area contributed by atoms with Crippen LogP contribution in [0.25, 0.3) is 0 Å². The van der Waals surface area contributed by atoms with Crippen molar-refractivity contribution < 1.29 is 9.53 Å². The Labute approximate surface area is 101 Å². The van der Waals surface area contributed by atoms with Gasteiger partial charge in [0.25, 0.3) is 0 Å². The zero-order valence-corrected chi connectivity index (χ0v) is 11.6. The first-order valence-corrected chi connectivity index (χ1v) is 6.42. The van der Waals surface area contributed by atoms with Crippen LogP contribution in [0.3, 0.4) is 0 Å². The fourth-order valence-corrected chi connectivity index (χ4v) is 1.82. The molecule has 0 rings (SSSR count). The average molecular weight is 228 g/mol. The van der Waals surface area contributed by atoms with Crippen LogP contribution in [0.5, 0.6) is 0 Å². The summed E-state index contributed by atoms with van der Waals surface area (Å²) in [7, 11) is 1.77. The van der Waals surface area contributed by atoms with Crippen molar-refractivity contribution in [3.05, 3.63) is 0 Å². The zero-order chi connectivity index (χ0) is 12.6. The summed E-state index contributed by atoms with van der Waals surface area (Å²) in [5.41, 5.74) is 0.0130. The molecule has 0 aromatic carbocycles. The summed E-state index contributed by atoms with van der Waals surface area (Å²) in [5.74, 6) is 1.04. The standard InChI is InChI=1S/C14H28O2/c1-12(8-6-10-13(2)15)9-7-11-14(3,4)16-5/h12H,6-11H2,1-5H3. The molecule has 1 unspecified atom stereocenters. The van der Waals surface area contributed by atoms with Gasteiger partial charge in [0.2, 0.25) is 0 Å². The number of methoxy groups -OCH3 is 1. The molecule has 1 atom stereocenters. The van der Waals surface area contributed by atoms with Gasteiger partial charge in [-0.2, -0.15) is 0 Å². The van der Waals surface area contributed by atoms with Gasteiger partial charge >= 0.3 is 0 Å². The van der Waals surface area contributed by atoms with Crippen molar-refractivity contribution in [2.75, 3.05) is 7.11 Å². The third kappa shape index (κ3) is 8.90. The molecule has 0 N–H and O–H groups in total. The number of carbonyl (C=O) groups is 1. The largest absolute Gasteiger partial charge is 0.379 e. The topological polar surface area (TPSA) is 26.3 Å². The maximum absolute atomic E-state index is 10.8. The molecule has 2 heteroatoms. The third-order valence-corrected chi connectivity index (χ3v) is 3.25. The van der Waals surface area contributed by atoms with E-state index in [9.17, 15) is 4.79 Å². The van der Waals surface area contributed by atoms with E-state index in [-0.39, 0.29) is 5.60 Å². The van der Waals surface area contributed by atoms with Gasteiger partial charge in [-0.1, -0.05) is 26.2 Å². The van der Waals surface area contributed by atoms with Crippen LogP contribution in [0, 0.1) is 5.92 Å². The monoisotopic (exact) mass is 228 g/mol. The Morgan fingerprint density at radius 3 is 2.31 bits per heavy atom. The molecule has 0 aliphatic carbocycles. The molecule has 2 nitrogen and oxygen atoms in total. The van der Waals surface area contributed by atoms with Crippen molar-refractivity contribution in [2.45, 2.75) is 71.8 Å². The molecule has 0 spiro atoms. The van der Waals surface area contributed by atoms with E-state index in [1.165, 1.54) is 19.3 Å². The lowest BCUT2D eigenvalue weighted by molar-refractivity contribution is -0.117. The van der Waals surface area contributed by atoms with E-state index in [1.807, 2.05) is 0 Å². The smallest absolute Gasteiger partial charge is 0.129 e. The Balaban J connectivity index is 3.50. The maximum Gasteiger partial charge on any atom is 0.129 e. The molecule has 0 aromatic heterocycles. The van der Waals surface area contributed by atoms with Gasteiger partial charge in [-0.3, -0.25) is 0 Å². The van der Waals surface area contributed by atoms with Crippen molar-refractivity contribution in [3.63, 3.8) is 0 Å². The molecule has 0 bridgehead atoms. The Kier molecular flexibility index (Phi) is 7.65. The molecule has 0 aromatic rings. The van der Waals surface area contributed by atoms with Gasteiger partial charge in [0.1, 0.15) is 5.78 Å². The molecule has 96 valence electrons. The predicted molar refractivity (Wildman–Crippen MR) is 68.6 cm³/mol. The van der Waals surface area contributed by atoms with E-state index in [0.717, 1.165) is 25.2 Å². The van der Waals surface area contributed by atoms with Crippen LogP contribution >= 0.6 is 0 Å². The van der Waals surface area contributed by atoms with Gasteiger partial charge in [0.15, 0.2) is 0 Å². The molecule has 0 radical (unpaired) electrons. The second-order valence-corrected chi connectivity index (χ2v) is 5.56. The fraction of sp³-hybridized carbons (Fsp3) is 0.929. The summed E-state index contributed by atoms with van der Waals surface area (Å²) in [6, 6.07) is 0. The van der Waals surface area contributed by atoms with Crippen molar-refractivity contribution in [3.8, 4) is 0 Å². The van der Waals surface area contributed by atoms with E-state index < -0.39 is 0 Å². The molecular weight excluding hydrogens is 200 g/mol. The van der Waals surface area contributed by atoms with E-state index in [0.29, 0.717) is 5.78 Å². The lowest BCUT2D eigenvalue weighted by atomic mass is 9.93. The number of carbonyl (C=O) groups excluding carboxylic acids is 1. The molecular formula is C14H28O2. The highest BCUT2D eigenvalue weighted by atomic mass is 16.5. The number of hydrogen-bond acceptors (Lipinski definition) is 2. The molecule has 0 fully saturated rings. The molecule has 16 heavy (non-hydrogen) atoms. The highest BCUT2D eigenvalue weighted by Gasteiger charge is 2.15. The molecule has 0 aliphatic rings. The summed E-state index contributed by atoms with van der Waals surface area (Å²) in [4.78, 5) is 10.8. The number of ether oxygens (including phenoxy) is 1. The molecule has 0 aliphatic heterocycles. The van der Waals surface area contributed by atoms with Gasteiger partial charge in [0.05, 0.1) is 5.60 Å². The van der Waals surface area contributed by atoms with E-state index in [1.54, 1.807) is 14.0 Å². The molecule has 0 saturated carbocycles. The van der Waals surface area contributed by atoms with Gasteiger partial charge in [-0.05, 0) is 39.5 Å². The minimum absolute atomic E-state index is 0.0130. The van der Waals surface area contributed by atoms with E-state index in [4.69, 9.17) is 4.74 Å². The summed E-state index contributed by atoms with van der Waals surface area (Å²) in [5, 5.41) is 0. The van der Waals surface area contributed by atoms with Gasteiger partial charge in [-0.15, -0.1) is 0 Å². The first kappa shape index (κ1) is 15.6. The molecule has 0 amide bonds. The van der Waals surface area contributed by atoms with Gasteiger partial charge in [-0.25, -0.2) is 0 Å².